The standard InChI is InChI=1S/C6H13.3ClH.Cr.H2N/c1-3-5-6-4-2;;;;;/h1,3-6H2,2H3;3*1H;;1H2/q;;;;+4;-1/p-3. The number of halogens is 3. The molecule has 0 fully saturated rings. The minimum absolute atomic E-state index is 0.588. The number of unbranched alkanes of at least 4 members (excludes halogenated alkanes) is 3. The Morgan fingerprint density at radius 3 is 2.00 bits per heavy atom. The zero-order valence-electron chi connectivity index (χ0n) is 6.66. The van der Waals surface area contributed by atoms with Crippen LogP contribution in [0.25, 0.3) is 0 Å². The summed E-state index contributed by atoms with van der Waals surface area (Å²) in [5.41, 5.74) is 0. The fraction of sp³-hybridized carbons (Fsp3) is 1.00. The van der Waals surface area contributed by atoms with Crippen molar-refractivity contribution in [1.29, 1.82) is 0 Å². The van der Waals surface area contributed by atoms with Crippen LogP contribution in [0, 0.1) is 0 Å². The molecule has 0 spiro atoms. The number of rotatable bonds is 5. The summed E-state index contributed by atoms with van der Waals surface area (Å²) >= 11 is 0. The van der Waals surface area contributed by atoms with Crippen LogP contribution in [0.3, 0.4) is 0 Å². The van der Waals surface area contributed by atoms with E-state index in [9.17, 15) is 0 Å². The molecule has 0 aliphatic rings. The Hall–Kier alpha value is 1.36. The van der Waals surface area contributed by atoms with Gasteiger partial charge in [-0.1, -0.05) is 0 Å². The average Bonchev–Trinajstić information content (AvgIpc) is 1.76. The molecule has 0 bridgehead atoms. The molecule has 0 rings (SSSR count). The molecule has 0 radical (unpaired) electrons. The molecule has 0 heterocycles. The Morgan fingerprint density at radius 2 is 1.64 bits per heavy atom. The molecule has 0 aromatic heterocycles. The molecule has 11 heavy (non-hydrogen) atoms. The second-order valence-electron chi connectivity index (χ2n) is 2.70. The van der Waals surface area contributed by atoms with Crippen LogP contribution >= 0.6 is 30.1 Å². The van der Waals surface area contributed by atoms with E-state index in [1.54, 1.807) is 0 Å². The maximum absolute atomic E-state index is 5.74. The van der Waals surface area contributed by atoms with Crippen LogP contribution in [0.5, 0.6) is 0 Å². The van der Waals surface area contributed by atoms with Crippen molar-refractivity contribution in [2.75, 3.05) is 0 Å². The Bertz CT molecular complexity index is 111. The Morgan fingerprint density at radius 1 is 1.09 bits per heavy atom. The van der Waals surface area contributed by atoms with Gasteiger partial charge in [-0.15, -0.1) is 0 Å². The van der Waals surface area contributed by atoms with Crippen molar-refractivity contribution in [2.45, 2.75) is 37.9 Å². The zero-order valence-corrected chi connectivity index (χ0v) is 10.2. The van der Waals surface area contributed by atoms with Gasteiger partial charge in [0.2, 0.25) is 0 Å². The van der Waals surface area contributed by atoms with Gasteiger partial charge in [-0.3, -0.25) is 0 Å². The van der Waals surface area contributed by atoms with Crippen molar-refractivity contribution in [3.8, 4) is 0 Å². The van der Waals surface area contributed by atoms with Gasteiger partial charge in [-0.25, -0.2) is 0 Å². The summed E-state index contributed by atoms with van der Waals surface area (Å²) in [5.74, 6) is 0. The van der Waals surface area contributed by atoms with Crippen molar-refractivity contribution in [3.63, 3.8) is 0 Å². The van der Waals surface area contributed by atoms with Gasteiger partial charge >= 0.3 is 82.2 Å². The third kappa shape index (κ3) is 11.4. The molecule has 0 atom stereocenters. The fourth-order valence-corrected chi connectivity index (χ4v) is 3.22. The molecule has 0 aromatic carbocycles. The first-order valence-corrected chi connectivity index (χ1v) is 10.6. The van der Waals surface area contributed by atoms with Gasteiger partial charge in [0, 0.05) is 0 Å². The van der Waals surface area contributed by atoms with Crippen LogP contribution < -0.4 is 4.72 Å². The molecule has 0 aliphatic heterocycles. The van der Waals surface area contributed by atoms with Gasteiger partial charge in [-0.05, 0) is 0 Å². The normalized spacial score (nSPS) is 15.9. The Labute approximate surface area is 82.0 Å². The monoisotopic (exact) mass is 258 g/mol. The molecule has 71 valence electrons. The third-order valence-corrected chi connectivity index (χ3v) is 4.80. The Kier molecular flexibility index (Phi) is 5.12. The van der Waals surface area contributed by atoms with E-state index in [0.29, 0.717) is 5.28 Å². The van der Waals surface area contributed by atoms with Crippen molar-refractivity contribution in [1.82, 2.24) is 0 Å². The molecule has 5 heteroatoms. The predicted molar refractivity (Wildman–Crippen MR) is 50.7 cm³/mol. The van der Waals surface area contributed by atoms with Crippen molar-refractivity contribution >= 4 is 30.1 Å². The van der Waals surface area contributed by atoms with Crippen LogP contribution in [0.15, 0.2) is 0 Å². The molecule has 0 amide bonds. The molecule has 2 N–H and O–H groups in total. The summed E-state index contributed by atoms with van der Waals surface area (Å²) in [5, 5.41) is 0.588. The van der Waals surface area contributed by atoms with E-state index < -0.39 is 9.46 Å². The number of hydrogen-bond donors (Lipinski definition) is 1. The molecule has 0 aromatic rings. The van der Waals surface area contributed by atoms with Gasteiger partial charge in [0.25, 0.3) is 0 Å². The number of nitrogens with two attached hydrogens (primary N) is 1. The van der Waals surface area contributed by atoms with Crippen LogP contribution in [-0.4, -0.2) is 0 Å². The van der Waals surface area contributed by atoms with E-state index in [-0.39, 0.29) is 0 Å². The third-order valence-electron chi connectivity index (χ3n) is 1.35. The van der Waals surface area contributed by atoms with Crippen molar-refractivity contribution < 1.29 is 9.46 Å². The molecule has 0 aliphatic carbocycles. The molecular weight excluding hydrogens is 244 g/mol. The van der Waals surface area contributed by atoms with Gasteiger partial charge in [-0.2, -0.15) is 0 Å². The van der Waals surface area contributed by atoms with E-state index in [2.05, 4.69) is 6.92 Å². The summed E-state index contributed by atoms with van der Waals surface area (Å²) in [6.45, 7) is 2.15. The SMILES string of the molecule is CCCCC[CH2][Cr]([NH2])([Cl])([Cl])[Cl]. The first-order chi connectivity index (χ1) is 4.81. The van der Waals surface area contributed by atoms with Gasteiger partial charge in [0.1, 0.15) is 0 Å². The van der Waals surface area contributed by atoms with Gasteiger partial charge in [0.15, 0.2) is 0 Å². The molecule has 1 nitrogen and oxygen atoms in total. The van der Waals surface area contributed by atoms with Crippen molar-refractivity contribution in [3.05, 3.63) is 0 Å². The second kappa shape index (κ2) is 4.56. The summed E-state index contributed by atoms with van der Waals surface area (Å²) in [4.78, 5) is 0. The maximum atomic E-state index is 5.74. The van der Waals surface area contributed by atoms with Crippen molar-refractivity contribution in [2.24, 2.45) is 4.72 Å². The van der Waals surface area contributed by atoms with E-state index in [4.69, 9.17) is 34.9 Å². The predicted octanol–water partition coefficient (Wildman–Crippen LogP) is 4.01. The van der Waals surface area contributed by atoms with Gasteiger partial charge < -0.3 is 0 Å². The average molecular weight is 260 g/mol. The summed E-state index contributed by atoms with van der Waals surface area (Å²) in [6, 6.07) is 0. The van der Waals surface area contributed by atoms with Crippen LogP contribution in [0.4, 0.5) is 0 Å². The van der Waals surface area contributed by atoms with E-state index in [0.717, 1.165) is 12.8 Å². The van der Waals surface area contributed by atoms with E-state index >= 15 is 0 Å². The van der Waals surface area contributed by atoms with Crippen LogP contribution in [0.1, 0.15) is 32.6 Å². The van der Waals surface area contributed by atoms with Crippen LogP contribution in [0.2, 0.25) is 5.28 Å². The number of hydrogen-bond acceptors (Lipinski definition) is 1. The van der Waals surface area contributed by atoms with Crippen LogP contribution in [-0.2, 0) is 9.46 Å². The summed E-state index contributed by atoms with van der Waals surface area (Å²) in [6.07, 6.45) is 4.45. The topological polar surface area (TPSA) is 26.0 Å². The molecule has 0 saturated carbocycles. The summed E-state index contributed by atoms with van der Waals surface area (Å²) < 4.78 is 5.52. The van der Waals surface area contributed by atoms with E-state index in [1.165, 1.54) is 12.8 Å². The minimum atomic E-state index is -3.61. The molecule has 0 unspecified atom stereocenters. The quantitative estimate of drug-likeness (QED) is 0.742. The summed E-state index contributed by atoms with van der Waals surface area (Å²) in [7, 11) is 13.6. The fourth-order valence-electron chi connectivity index (χ4n) is 0.776. The van der Waals surface area contributed by atoms with E-state index in [1.807, 2.05) is 0 Å². The zero-order chi connectivity index (χ0) is 8.98. The first kappa shape index (κ1) is 12.4. The first-order valence-electron chi connectivity index (χ1n) is 3.69. The van der Waals surface area contributed by atoms with Gasteiger partial charge in [0.05, 0.1) is 0 Å². The molecular formula is C6H15Cl3CrN. The Balaban J connectivity index is 3.40. The molecule has 0 saturated heterocycles. The second-order valence-corrected chi connectivity index (χ2v) is 16.9.